The van der Waals surface area contributed by atoms with Gasteiger partial charge in [0.15, 0.2) is 0 Å². The average molecular weight is 260 g/mol. The fourth-order valence-electron chi connectivity index (χ4n) is 2.98. The standard InChI is InChI=1S/C15H24N4/c16-8-9-17-13-10-18-15(12-4-2-1-3-5-12)19-14(13)11-6-7-11/h10-12,17H,1-9,16H2. The first-order valence-electron chi connectivity index (χ1n) is 7.69. The normalized spacial score (nSPS) is 20.5. The molecule has 0 spiro atoms. The molecule has 0 bridgehead atoms. The van der Waals surface area contributed by atoms with Gasteiger partial charge in [-0.15, -0.1) is 0 Å². The maximum absolute atomic E-state index is 5.56. The number of nitrogens with zero attached hydrogens (tertiary/aromatic N) is 2. The van der Waals surface area contributed by atoms with E-state index in [-0.39, 0.29) is 0 Å². The fraction of sp³-hybridized carbons (Fsp3) is 0.733. The van der Waals surface area contributed by atoms with Gasteiger partial charge in [-0.05, 0) is 25.7 Å². The van der Waals surface area contributed by atoms with Crippen molar-refractivity contribution in [3.05, 3.63) is 17.7 Å². The van der Waals surface area contributed by atoms with Gasteiger partial charge < -0.3 is 11.1 Å². The van der Waals surface area contributed by atoms with Crippen molar-refractivity contribution in [2.45, 2.75) is 56.8 Å². The molecule has 1 aromatic rings. The number of anilines is 1. The van der Waals surface area contributed by atoms with Gasteiger partial charge in [-0.2, -0.15) is 0 Å². The van der Waals surface area contributed by atoms with Gasteiger partial charge in [0.2, 0.25) is 0 Å². The highest BCUT2D eigenvalue weighted by molar-refractivity contribution is 5.49. The van der Waals surface area contributed by atoms with Crippen molar-refractivity contribution in [1.29, 1.82) is 0 Å². The van der Waals surface area contributed by atoms with E-state index in [1.807, 2.05) is 6.20 Å². The highest BCUT2D eigenvalue weighted by atomic mass is 15.0. The maximum atomic E-state index is 5.56. The van der Waals surface area contributed by atoms with Crippen LogP contribution in [0.2, 0.25) is 0 Å². The molecule has 0 atom stereocenters. The highest BCUT2D eigenvalue weighted by Gasteiger charge is 2.29. The molecule has 3 rings (SSSR count). The number of nitrogens with two attached hydrogens (primary N) is 1. The molecule has 0 aromatic carbocycles. The molecule has 0 unspecified atom stereocenters. The van der Waals surface area contributed by atoms with Crippen molar-refractivity contribution in [3.63, 3.8) is 0 Å². The summed E-state index contributed by atoms with van der Waals surface area (Å²) in [5, 5.41) is 3.36. The number of hydrogen-bond acceptors (Lipinski definition) is 4. The molecular weight excluding hydrogens is 236 g/mol. The van der Waals surface area contributed by atoms with Gasteiger partial charge in [0, 0.05) is 24.9 Å². The summed E-state index contributed by atoms with van der Waals surface area (Å²) in [5.41, 5.74) is 7.91. The van der Waals surface area contributed by atoms with E-state index in [1.165, 1.54) is 50.6 Å². The fourth-order valence-corrected chi connectivity index (χ4v) is 2.98. The maximum Gasteiger partial charge on any atom is 0.131 e. The number of rotatable bonds is 5. The Kier molecular flexibility index (Phi) is 3.97. The molecule has 0 amide bonds. The molecule has 3 N–H and O–H groups in total. The van der Waals surface area contributed by atoms with Crippen LogP contribution in [0.15, 0.2) is 6.20 Å². The van der Waals surface area contributed by atoms with Gasteiger partial charge in [-0.3, -0.25) is 0 Å². The van der Waals surface area contributed by atoms with E-state index in [0.717, 1.165) is 18.1 Å². The Bertz CT molecular complexity index is 422. The molecule has 104 valence electrons. The lowest BCUT2D eigenvalue weighted by Gasteiger charge is -2.21. The van der Waals surface area contributed by atoms with Gasteiger partial charge in [0.1, 0.15) is 5.82 Å². The number of aromatic nitrogens is 2. The van der Waals surface area contributed by atoms with E-state index >= 15 is 0 Å². The molecule has 2 aliphatic carbocycles. The topological polar surface area (TPSA) is 63.8 Å². The quantitative estimate of drug-likeness (QED) is 0.854. The van der Waals surface area contributed by atoms with Crippen LogP contribution in [0.5, 0.6) is 0 Å². The van der Waals surface area contributed by atoms with Crippen LogP contribution in [0, 0.1) is 0 Å². The second-order valence-corrected chi connectivity index (χ2v) is 5.85. The minimum atomic E-state index is 0.592. The first-order chi connectivity index (χ1) is 9.38. The van der Waals surface area contributed by atoms with Crippen molar-refractivity contribution in [2.75, 3.05) is 18.4 Å². The van der Waals surface area contributed by atoms with Crippen molar-refractivity contribution in [2.24, 2.45) is 5.73 Å². The molecule has 0 radical (unpaired) electrons. The van der Waals surface area contributed by atoms with Gasteiger partial charge in [-0.1, -0.05) is 19.3 Å². The summed E-state index contributed by atoms with van der Waals surface area (Å²) in [5.74, 6) is 2.33. The Morgan fingerprint density at radius 3 is 2.58 bits per heavy atom. The molecular formula is C15H24N4. The predicted octanol–water partition coefficient (Wildman–Crippen LogP) is 2.77. The zero-order valence-corrected chi connectivity index (χ0v) is 11.6. The first kappa shape index (κ1) is 12.9. The van der Waals surface area contributed by atoms with Crippen LogP contribution in [-0.2, 0) is 0 Å². The molecule has 1 heterocycles. The lowest BCUT2D eigenvalue weighted by Crippen LogP contribution is -2.16. The Morgan fingerprint density at radius 1 is 1.11 bits per heavy atom. The molecule has 19 heavy (non-hydrogen) atoms. The van der Waals surface area contributed by atoms with Gasteiger partial charge >= 0.3 is 0 Å². The predicted molar refractivity (Wildman–Crippen MR) is 77.4 cm³/mol. The Hall–Kier alpha value is -1.16. The third-order valence-electron chi connectivity index (χ3n) is 4.23. The minimum Gasteiger partial charge on any atom is -0.381 e. The van der Waals surface area contributed by atoms with E-state index in [2.05, 4.69) is 10.3 Å². The number of nitrogens with one attached hydrogen (secondary N) is 1. The van der Waals surface area contributed by atoms with Crippen LogP contribution < -0.4 is 11.1 Å². The zero-order chi connectivity index (χ0) is 13.1. The summed E-state index contributed by atoms with van der Waals surface area (Å²) in [7, 11) is 0. The third kappa shape index (κ3) is 3.06. The largest absolute Gasteiger partial charge is 0.381 e. The molecule has 4 heteroatoms. The molecule has 2 saturated carbocycles. The molecule has 1 aromatic heterocycles. The third-order valence-corrected chi connectivity index (χ3v) is 4.23. The summed E-state index contributed by atoms with van der Waals surface area (Å²) in [6.07, 6.45) is 11.1. The Morgan fingerprint density at radius 2 is 1.89 bits per heavy atom. The summed E-state index contributed by atoms with van der Waals surface area (Å²) in [6, 6.07) is 0. The summed E-state index contributed by atoms with van der Waals surface area (Å²) in [4.78, 5) is 9.51. The zero-order valence-electron chi connectivity index (χ0n) is 11.6. The lowest BCUT2D eigenvalue weighted by molar-refractivity contribution is 0.427. The van der Waals surface area contributed by atoms with Crippen molar-refractivity contribution >= 4 is 5.69 Å². The van der Waals surface area contributed by atoms with Gasteiger partial charge in [-0.25, -0.2) is 9.97 Å². The van der Waals surface area contributed by atoms with E-state index in [0.29, 0.717) is 18.4 Å². The first-order valence-corrected chi connectivity index (χ1v) is 7.69. The van der Waals surface area contributed by atoms with E-state index < -0.39 is 0 Å². The summed E-state index contributed by atoms with van der Waals surface area (Å²) >= 11 is 0. The van der Waals surface area contributed by atoms with Crippen molar-refractivity contribution < 1.29 is 0 Å². The Labute approximate surface area is 115 Å². The highest BCUT2D eigenvalue weighted by Crippen LogP contribution is 2.43. The minimum absolute atomic E-state index is 0.592. The average Bonchev–Trinajstić information content (AvgIpc) is 3.30. The lowest BCUT2D eigenvalue weighted by atomic mass is 9.88. The molecule has 0 saturated heterocycles. The smallest absolute Gasteiger partial charge is 0.131 e. The van der Waals surface area contributed by atoms with Gasteiger partial charge in [0.05, 0.1) is 17.6 Å². The molecule has 4 nitrogen and oxygen atoms in total. The van der Waals surface area contributed by atoms with Crippen LogP contribution in [0.3, 0.4) is 0 Å². The van der Waals surface area contributed by atoms with Crippen LogP contribution in [0.25, 0.3) is 0 Å². The van der Waals surface area contributed by atoms with E-state index in [1.54, 1.807) is 0 Å². The van der Waals surface area contributed by atoms with Crippen LogP contribution in [0.1, 0.15) is 68.3 Å². The SMILES string of the molecule is NCCNc1cnc(C2CCCCC2)nc1C1CC1. The van der Waals surface area contributed by atoms with Crippen LogP contribution >= 0.6 is 0 Å². The Balaban J connectivity index is 1.80. The molecule has 2 aliphatic rings. The second-order valence-electron chi connectivity index (χ2n) is 5.85. The van der Waals surface area contributed by atoms with E-state index in [4.69, 9.17) is 10.7 Å². The van der Waals surface area contributed by atoms with E-state index in [9.17, 15) is 0 Å². The monoisotopic (exact) mass is 260 g/mol. The van der Waals surface area contributed by atoms with Crippen LogP contribution in [-0.4, -0.2) is 23.1 Å². The summed E-state index contributed by atoms with van der Waals surface area (Å²) < 4.78 is 0. The molecule has 0 aliphatic heterocycles. The van der Waals surface area contributed by atoms with Gasteiger partial charge in [0.25, 0.3) is 0 Å². The van der Waals surface area contributed by atoms with Crippen molar-refractivity contribution in [1.82, 2.24) is 9.97 Å². The second kappa shape index (κ2) is 5.87. The van der Waals surface area contributed by atoms with Crippen molar-refractivity contribution in [3.8, 4) is 0 Å². The number of hydrogen-bond donors (Lipinski definition) is 2. The van der Waals surface area contributed by atoms with Crippen LogP contribution in [0.4, 0.5) is 5.69 Å². The summed E-state index contributed by atoms with van der Waals surface area (Å²) in [6.45, 7) is 1.44. The molecule has 2 fully saturated rings.